The molecular formula is C18H16F3NO2. The molecule has 0 radical (unpaired) electrons. The molecule has 2 aromatic carbocycles. The number of amides is 1. The smallest absolute Gasteiger partial charge is 0.416 e. The topological polar surface area (TPSA) is 29.5 Å². The van der Waals surface area contributed by atoms with E-state index in [0.717, 1.165) is 12.1 Å². The molecule has 0 atom stereocenters. The normalized spacial score (nSPS) is 16.3. The summed E-state index contributed by atoms with van der Waals surface area (Å²) in [6, 6.07) is 11.4. The Bertz CT molecular complexity index is 767. The van der Waals surface area contributed by atoms with Gasteiger partial charge in [-0.05, 0) is 50.2 Å². The molecule has 3 nitrogen and oxygen atoms in total. The van der Waals surface area contributed by atoms with Crippen LogP contribution >= 0.6 is 0 Å². The number of nitrogens with zero attached hydrogens (tertiary/aromatic N) is 1. The van der Waals surface area contributed by atoms with Crippen molar-refractivity contribution in [3.8, 4) is 5.75 Å². The Hall–Kier alpha value is -2.50. The summed E-state index contributed by atoms with van der Waals surface area (Å²) in [6.45, 7) is 4.02. The van der Waals surface area contributed by atoms with Crippen LogP contribution in [0.1, 0.15) is 29.8 Å². The number of benzene rings is 2. The number of alkyl halides is 3. The Balaban J connectivity index is 1.95. The third kappa shape index (κ3) is 3.09. The minimum Gasteiger partial charge on any atom is -0.484 e. The molecule has 6 heteroatoms. The minimum absolute atomic E-state index is 0.204. The number of rotatable bonds is 1. The number of ether oxygens (including phenoxy) is 1. The lowest BCUT2D eigenvalue weighted by Gasteiger charge is -2.39. The van der Waals surface area contributed by atoms with Gasteiger partial charge in [-0.2, -0.15) is 13.2 Å². The summed E-state index contributed by atoms with van der Waals surface area (Å²) in [5.41, 5.74) is -0.547. The van der Waals surface area contributed by atoms with Crippen LogP contribution in [-0.2, 0) is 6.18 Å². The van der Waals surface area contributed by atoms with Crippen molar-refractivity contribution in [2.75, 3.05) is 11.4 Å². The van der Waals surface area contributed by atoms with Gasteiger partial charge in [-0.1, -0.05) is 12.1 Å². The molecule has 0 aliphatic carbocycles. The molecule has 0 spiro atoms. The van der Waals surface area contributed by atoms with Gasteiger partial charge in [-0.3, -0.25) is 4.79 Å². The fraction of sp³-hybridized carbons (Fsp3) is 0.278. The molecule has 1 heterocycles. The number of carbonyl (C=O) groups is 1. The molecular weight excluding hydrogens is 319 g/mol. The minimum atomic E-state index is -4.42. The Labute approximate surface area is 137 Å². The summed E-state index contributed by atoms with van der Waals surface area (Å²) < 4.78 is 43.8. The molecule has 2 aromatic rings. The third-order valence-electron chi connectivity index (χ3n) is 3.79. The highest BCUT2D eigenvalue weighted by atomic mass is 19.4. The summed E-state index contributed by atoms with van der Waals surface area (Å²) >= 11 is 0. The van der Waals surface area contributed by atoms with Crippen LogP contribution in [-0.4, -0.2) is 18.1 Å². The summed E-state index contributed by atoms with van der Waals surface area (Å²) in [4.78, 5) is 14.3. The van der Waals surface area contributed by atoms with Crippen molar-refractivity contribution in [1.29, 1.82) is 0 Å². The molecule has 1 aliphatic heterocycles. The van der Waals surface area contributed by atoms with E-state index in [1.54, 1.807) is 29.2 Å². The van der Waals surface area contributed by atoms with E-state index in [4.69, 9.17) is 4.74 Å². The lowest BCUT2D eigenvalue weighted by molar-refractivity contribution is -0.137. The van der Waals surface area contributed by atoms with Crippen molar-refractivity contribution in [1.82, 2.24) is 0 Å². The molecule has 0 saturated carbocycles. The monoisotopic (exact) mass is 335 g/mol. The van der Waals surface area contributed by atoms with Crippen LogP contribution in [0.5, 0.6) is 5.75 Å². The van der Waals surface area contributed by atoms with Crippen molar-refractivity contribution >= 4 is 11.6 Å². The maximum absolute atomic E-state index is 12.8. The summed E-state index contributed by atoms with van der Waals surface area (Å²) in [6.07, 6.45) is -4.42. The van der Waals surface area contributed by atoms with E-state index in [1.165, 1.54) is 12.1 Å². The number of fused-ring (bicyclic) bond motifs is 1. The molecule has 0 bridgehead atoms. The predicted molar refractivity (Wildman–Crippen MR) is 84.3 cm³/mol. The molecule has 0 N–H and O–H groups in total. The number of halogens is 3. The van der Waals surface area contributed by atoms with Gasteiger partial charge in [-0.25, -0.2) is 0 Å². The zero-order chi connectivity index (χ0) is 17.5. The molecule has 126 valence electrons. The highest BCUT2D eigenvalue weighted by Gasteiger charge is 2.35. The van der Waals surface area contributed by atoms with Crippen LogP contribution in [0.4, 0.5) is 18.9 Å². The lowest BCUT2D eigenvalue weighted by Crippen LogP contribution is -2.49. The standard InChI is InChI=1S/C18H16F3NO2/c1-17(2)11-22(14-5-3-4-6-15(14)24-17)16(23)12-7-9-13(10-8-12)18(19,20)21/h3-10H,11H2,1-2H3. The maximum atomic E-state index is 12.8. The van der Waals surface area contributed by atoms with Crippen LogP contribution < -0.4 is 9.64 Å². The fourth-order valence-electron chi connectivity index (χ4n) is 2.70. The zero-order valence-corrected chi connectivity index (χ0v) is 13.2. The van der Waals surface area contributed by atoms with E-state index in [0.29, 0.717) is 18.0 Å². The predicted octanol–water partition coefficient (Wildman–Crippen LogP) is 4.52. The molecule has 0 unspecified atom stereocenters. The highest BCUT2D eigenvalue weighted by molar-refractivity contribution is 6.07. The van der Waals surface area contributed by atoms with Crippen molar-refractivity contribution in [3.63, 3.8) is 0 Å². The van der Waals surface area contributed by atoms with Gasteiger partial charge in [0.05, 0.1) is 17.8 Å². The van der Waals surface area contributed by atoms with E-state index >= 15 is 0 Å². The number of carbonyl (C=O) groups excluding carboxylic acids is 1. The van der Waals surface area contributed by atoms with Crippen LogP contribution in [0, 0.1) is 0 Å². The third-order valence-corrected chi connectivity index (χ3v) is 3.79. The SMILES string of the molecule is CC1(C)CN(C(=O)c2ccc(C(F)(F)F)cc2)c2ccccc2O1. The van der Waals surface area contributed by atoms with Crippen molar-refractivity contribution in [2.45, 2.75) is 25.6 Å². The first-order valence-corrected chi connectivity index (χ1v) is 7.45. The molecule has 0 aromatic heterocycles. The Morgan fingerprint density at radius 2 is 1.71 bits per heavy atom. The second kappa shape index (κ2) is 5.54. The fourth-order valence-corrected chi connectivity index (χ4v) is 2.70. The summed E-state index contributed by atoms with van der Waals surface area (Å²) in [5, 5.41) is 0. The quantitative estimate of drug-likeness (QED) is 0.767. The summed E-state index contributed by atoms with van der Waals surface area (Å²) in [7, 11) is 0. The number of anilines is 1. The Morgan fingerprint density at radius 3 is 2.33 bits per heavy atom. The Morgan fingerprint density at radius 1 is 1.08 bits per heavy atom. The van der Waals surface area contributed by atoms with E-state index in [1.807, 2.05) is 13.8 Å². The molecule has 3 rings (SSSR count). The second-order valence-corrected chi connectivity index (χ2v) is 6.30. The van der Waals surface area contributed by atoms with Crippen molar-refractivity contribution in [3.05, 3.63) is 59.7 Å². The first kappa shape index (κ1) is 16.4. The first-order valence-electron chi connectivity index (χ1n) is 7.45. The molecule has 24 heavy (non-hydrogen) atoms. The van der Waals surface area contributed by atoms with Gasteiger partial charge in [0.15, 0.2) is 0 Å². The molecule has 0 fully saturated rings. The largest absolute Gasteiger partial charge is 0.484 e. The van der Waals surface area contributed by atoms with Crippen LogP contribution in [0.3, 0.4) is 0 Å². The van der Waals surface area contributed by atoms with Gasteiger partial charge in [0.1, 0.15) is 11.4 Å². The van der Waals surface area contributed by atoms with E-state index in [2.05, 4.69) is 0 Å². The van der Waals surface area contributed by atoms with E-state index in [-0.39, 0.29) is 11.5 Å². The Kier molecular flexibility index (Phi) is 3.78. The van der Waals surface area contributed by atoms with E-state index < -0.39 is 17.3 Å². The maximum Gasteiger partial charge on any atom is 0.416 e. The second-order valence-electron chi connectivity index (χ2n) is 6.30. The van der Waals surface area contributed by atoms with Gasteiger partial charge < -0.3 is 9.64 Å². The first-order chi connectivity index (χ1) is 11.2. The van der Waals surface area contributed by atoms with Gasteiger partial charge in [0.2, 0.25) is 0 Å². The molecule has 1 aliphatic rings. The van der Waals surface area contributed by atoms with Crippen molar-refractivity contribution in [2.24, 2.45) is 0 Å². The highest BCUT2D eigenvalue weighted by Crippen LogP contribution is 2.37. The van der Waals surface area contributed by atoms with Gasteiger partial charge >= 0.3 is 6.18 Å². The average Bonchev–Trinajstić information content (AvgIpc) is 2.52. The average molecular weight is 335 g/mol. The number of hydrogen-bond acceptors (Lipinski definition) is 2. The summed E-state index contributed by atoms with van der Waals surface area (Å²) in [5.74, 6) is 0.224. The molecule has 0 saturated heterocycles. The van der Waals surface area contributed by atoms with Gasteiger partial charge in [0, 0.05) is 5.56 Å². The van der Waals surface area contributed by atoms with Crippen LogP contribution in [0.25, 0.3) is 0 Å². The lowest BCUT2D eigenvalue weighted by atomic mass is 10.0. The van der Waals surface area contributed by atoms with Crippen LogP contribution in [0.15, 0.2) is 48.5 Å². The van der Waals surface area contributed by atoms with E-state index in [9.17, 15) is 18.0 Å². The molecule has 1 amide bonds. The zero-order valence-electron chi connectivity index (χ0n) is 13.2. The number of para-hydroxylation sites is 2. The van der Waals surface area contributed by atoms with Gasteiger partial charge in [-0.15, -0.1) is 0 Å². The van der Waals surface area contributed by atoms with Gasteiger partial charge in [0.25, 0.3) is 5.91 Å². The van der Waals surface area contributed by atoms with Crippen LogP contribution in [0.2, 0.25) is 0 Å². The number of hydrogen-bond donors (Lipinski definition) is 0. The van der Waals surface area contributed by atoms with Crippen molar-refractivity contribution < 1.29 is 22.7 Å².